The molecule has 1 fully saturated rings. The number of benzene rings is 2. The number of nitrogens with one attached hydrogen (secondary N) is 2. The first kappa shape index (κ1) is 25.6. The molecule has 0 bridgehead atoms. The normalized spacial score (nSPS) is 15.1. The molecule has 0 saturated heterocycles. The fourth-order valence-electron chi connectivity index (χ4n) is 3.53. The summed E-state index contributed by atoms with van der Waals surface area (Å²) in [5.74, 6) is 0.646. The lowest BCUT2D eigenvalue weighted by Crippen LogP contribution is -2.39. The second-order valence-corrected chi connectivity index (χ2v) is 10.00. The van der Waals surface area contributed by atoms with Crippen LogP contribution in [0.15, 0.2) is 59.6 Å². The van der Waals surface area contributed by atoms with E-state index < -0.39 is 9.84 Å². The molecule has 0 aliphatic heterocycles. The van der Waals surface area contributed by atoms with E-state index in [1.54, 1.807) is 6.07 Å². The van der Waals surface area contributed by atoms with E-state index in [1.807, 2.05) is 49.4 Å². The maximum atomic E-state index is 14.2. The average Bonchev–Trinajstić information content (AvgIpc) is 3.51. The summed E-state index contributed by atoms with van der Waals surface area (Å²) in [6.07, 6.45) is 2.35. The van der Waals surface area contributed by atoms with Gasteiger partial charge in [0.25, 0.3) is 0 Å². The highest BCUT2D eigenvalue weighted by molar-refractivity contribution is 14.0. The van der Waals surface area contributed by atoms with E-state index in [2.05, 4.69) is 15.6 Å². The number of aliphatic imine (C=N–C) groups is 1. The fraction of sp³-hybridized carbons (Fsp3) is 0.435. The van der Waals surface area contributed by atoms with Crippen LogP contribution in [-0.2, 0) is 21.0 Å². The third kappa shape index (κ3) is 7.75. The molecule has 0 radical (unpaired) electrons. The first-order valence-electron chi connectivity index (χ1n) is 10.5. The number of hydrogen-bond acceptors (Lipinski definition) is 3. The van der Waals surface area contributed by atoms with Gasteiger partial charge >= 0.3 is 0 Å². The number of sulfone groups is 1. The molecule has 1 aliphatic carbocycles. The van der Waals surface area contributed by atoms with Crippen LogP contribution < -0.4 is 10.6 Å². The van der Waals surface area contributed by atoms with Gasteiger partial charge in [-0.05, 0) is 43.4 Å². The van der Waals surface area contributed by atoms with Crippen LogP contribution >= 0.6 is 24.0 Å². The smallest absolute Gasteiger partial charge is 0.191 e. The Bertz CT molecular complexity index is 964. The van der Waals surface area contributed by atoms with Crippen LogP contribution in [0.1, 0.15) is 37.3 Å². The van der Waals surface area contributed by atoms with E-state index in [4.69, 9.17) is 0 Å². The zero-order chi connectivity index (χ0) is 21.5. The number of nitrogens with zero attached hydrogens (tertiary/aromatic N) is 1. The van der Waals surface area contributed by atoms with Gasteiger partial charge in [0.1, 0.15) is 5.82 Å². The summed E-state index contributed by atoms with van der Waals surface area (Å²) in [6, 6.07) is 16.1. The first-order chi connectivity index (χ1) is 14.4. The van der Waals surface area contributed by atoms with Gasteiger partial charge in [-0.3, -0.25) is 4.99 Å². The van der Waals surface area contributed by atoms with Gasteiger partial charge < -0.3 is 10.6 Å². The minimum atomic E-state index is -3.15. The van der Waals surface area contributed by atoms with Crippen molar-refractivity contribution >= 4 is 39.8 Å². The van der Waals surface area contributed by atoms with Gasteiger partial charge in [-0.2, -0.15) is 0 Å². The van der Waals surface area contributed by atoms with E-state index in [-0.39, 0.29) is 46.7 Å². The van der Waals surface area contributed by atoms with Gasteiger partial charge in [0.2, 0.25) is 0 Å². The van der Waals surface area contributed by atoms with Gasteiger partial charge in [-0.15, -0.1) is 24.0 Å². The van der Waals surface area contributed by atoms with Crippen molar-refractivity contribution < 1.29 is 12.8 Å². The fourth-order valence-corrected chi connectivity index (χ4v) is 4.95. The summed E-state index contributed by atoms with van der Waals surface area (Å²) in [4.78, 5) is 4.65. The second kappa shape index (κ2) is 11.8. The van der Waals surface area contributed by atoms with Crippen LogP contribution in [-0.4, -0.2) is 39.8 Å². The lowest BCUT2D eigenvalue weighted by atomic mass is 9.95. The molecular weight excluding hydrogens is 528 g/mol. The molecule has 0 aromatic heterocycles. The van der Waals surface area contributed by atoms with Crippen LogP contribution in [0.4, 0.5) is 4.39 Å². The molecule has 2 aromatic rings. The standard InChI is InChI=1S/C23H30FN3O2S.HI/c1-2-25-22(27-18-23(13-14-23)20-11-6-7-12-21(20)24)26-15-8-16-30(28,29)17-19-9-4-3-5-10-19;/h3-7,9-12H,2,8,13-18H2,1H3,(H2,25,26,27);1H. The molecular formula is C23H31FIN3O2S. The van der Waals surface area contributed by atoms with Crippen molar-refractivity contribution in [3.05, 3.63) is 71.5 Å². The highest BCUT2D eigenvalue weighted by atomic mass is 127. The van der Waals surface area contributed by atoms with Crippen molar-refractivity contribution in [3.8, 4) is 0 Å². The molecule has 1 saturated carbocycles. The Morgan fingerprint density at radius 3 is 2.39 bits per heavy atom. The van der Waals surface area contributed by atoms with Gasteiger partial charge in [0, 0.05) is 18.5 Å². The van der Waals surface area contributed by atoms with E-state index in [1.165, 1.54) is 6.07 Å². The Morgan fingerprint density at radius 2 is 1.74 bits per heavy atom. The van der Waals surface area contributed by atoms with E-state index in [0.717, 1.165) is 24.0 Å². The number of rotatable bonds is 10. The summed E-state index contributed by atoms with van der Waals surface area (Å²) < 4.78 is 38.8. The van der Waals surface area contributed by atoms with E-state index in [0.29, 0.717) is 32.0 Å². The Hall–Kier alpha value is -1.68. The minimum Gasteiger partial charge on any atom is -0.357 e. The quantitative estimate of drug-likeness (QED) is 0.200. The largest absolute Gasteiger partial charge is 0.357 e. The van der Waals surface area contributed by atoms with Gasteiger partial charge in [-0.1, -0.05) is 48.5 Å². The van der Waals surface area contributed by atoms with Crippen molar-refractivity contribution in [1.82, 2.24) is 10.6 Å². The topological polar surface area (TPSA) is 70.6 Å². The minimum absolute atomic E-state index is 0. The molecule has 0 spiro atoms. The van der Waals surface area contributed by atoms with Gasteiger partial charge in [0.15, 0.2) is 15.8 Å². The monoisotopic (exact) mass is 559 g/mol. The summed E-state index contributed by atoms with van der Waals surface area (Å²) in [5.41, 5.74) is 1.33. The first-order valence-corrected chi connectivity index (χ1v) is 12.3. The van der Waals surface area contributed by atoms with Crippen molar-refractivity contribution in [2.75, 3.05) is 25.4 Å². The predicted molar refractivity (Wildman–Crippen MR) is 135 cm³/mol. The molecule has 0 heterocycles. The van der Waals surface area contributed by atoms with Crippen LogP contribution in [0.5, 0.6) is 0 Å². The zero-order valence-corrected chi connectivity index (χ0v) is 21.0. The Labute approximate surface area is 201 Å². The van der Waals surface area contributed by atoms with Crippen LogP contribution in [0.25, 0.3) is 0 Å². The van der Waals surface area contributed by atoms with E-state index >= 15 is 0 Å². The Morgan fingerprint density at radius 1 is 1.06 bits per heavy atom. The van der Waals surface area contributed by atoms with Crippen molar-refractivity contribution in [3.63, 3.8) is 0 Å². The Kier molecular flexibility index (Phi) is 9.74. The molecule has 0 unspecified atom stereocenters. The van der Waals surface area contributed by atoms with Crippen molar-refractivity contribution in [1.29, 1.82) is 0 Å². The predicted octanol–water partition coefficient (Wildman–Crippen LogP) is 4.04. The molecule has 0 amide bonds. The molecule has 3 rings (SSSR count). The maximum Gasteiger partial charge on any atom is 0.191 e. The van der Waals surface area contributed by atoms with Crippen LogP contribution in [0, 0.1) is 5.82 Å². The van der Waals surface area contributed by atoms with Crippen molar-refractivity contribution in [2.45, 2.75) is 37.4 Å². The molecule has 0 atom stereocenters. The van der Waals surface area contributed by atoms with Crippen LogP contribution in [0.3, 0.4) is 0 Å². The zero-order valence-electron chi connectivity index (χ0n) is 17.8. The lowest BCUT2D eigenvalue weighted by Gasteiger charge is -2.16. The third-order valence-corrected chi connectivity index (χ3v) is 7.02. The Balaban J connectivity index is 0.00000341. The average molecular weight is 559 g/mol. The molecule has 170 valence electrons. The molecule has 5 nitrogen and oxygen atoms in total. The van der Waals surface area contributed by atoms with Crippen molar-refractivity contribution in [2.24, 2.45) is 4.99 Å². The molecule has 31 heavy (non-hydrogen) atoms. The summed E-state index contributed by atoms with van der Waals surface area (Å²) in [7, 11) is -3.15. The molecule has 2 N–H and O–H groups in total. The highest BCUT2D eigenvalue weighted by Crippen LogP contribution is 2.49. The molecule has 1 aliphatic rings. The lowest BCUT2D eigenvalue weighted by molar-refractivity contribution is 0.572. The number of hydrogen-bond donors (Lipinski definition) is 2. The summed E-state index contributed by atoms with van der Waals surface area (Å²) in [5, 5.41) is 6.39. The molecule has 8 heteroatoms. The third-order valence-electron chi connectivity index (χ3n) is 5.34. The van der Waals surface area contributed by atoms with Gasteiger partial charge in [-0.25, -0.2) is 12.8 Å². The second-order valence-electron chi connectivity index (χ2n) is 7.81. The van der Waals surface area contributed by atoms with Gasteiger partial charge in [0.05, 0.1) is 18.1 Å². The number of guanidine groups is 1. The maximum absolute atomic E-state index is 14.2. The van der Waals surface area contributed by atoms with Crippen LogP contribution in [0.2, 0.25) is 0 Å². The highest BCUT2D eigenvalue weighted by Gasteiger charge is 2.45. The number of halogens is 2. The van der Waals surface area contributed by atoms with E-state index in [9.17, 15) is 12.8 Å². The summed E-state index contributed by atoms with van der Waals surface area (Å²) >= 11 is 0. The summed E-state index contributed by atoms with van der Waals surface area (Å²) in [6.45, 7) is 3.69. The SMILES string of the molecule is CCNC(=NCC1(c2ccccc2F)CC1)NCCCS(=O)(=O)Cc1ccccc1.I. The molecule has 2 aromatic carbocycles.